The van der Waals surface area contributed by atoms with E-state index in [-0.39, 0.29) is 25.0 Å². The minimum atomic E-state index is -2.52. The predicted octanol–water partition coefficient (Wildman–Crippen LogP) is 5.10. The molecule has 0 saturated heterocycles. The number of fused-ring (bicyclic) bond motifs is 1. The summed E-state index contributed by atoms with van der Waals surface area (Å²) < 4.78 is 51.8. The lowest BCUT2D eigenvalue weighted by Crippen LogP contribution is -2.20. The number of alkyl halides is 2. The van der Waals surface area contributed by atoms with Crippen molar-refractivity contribution in [2.45, 2.75) is 10.7 Å². The summed E-state index contributed by atoms with van der Waals surface area (Å²) in [6.07, 6.45) is 1.54. The van der Waals surface area contributed by atoms with E-state index in [9.17, 15) is 18.4 Å². The fourth-order valence-electron chi connectivity index (χ4n) is 3.67. The van der Waals surface area contributed by atoms with Gasteiger partial charge in [-0.1, -0.05) is 17.8 Å². The van der Waals surface area contributed by atoms with Crippen LogP contribution in [-0.4, -0.2) is 44.0 Å². The molecule has 0 bridgehead atoms. The van der Waals surface area contributed by atoms with Crippen molar-refractivity contribution in [2.75, 3.05) is 25.8 Å². The molecule has 0 aromatic heterocycles. The molecule has 2 heterocycles. The molecule has 3 aromatic rings. The highest BCUT2D eigenvalue weighted by Gasteiger charge is 2.26. The topological polar surface area (TPSA) is 105 Å². The maximum Gasteiger partial charge on any atom is 0.363 e. The molecule has 0 radical (unpaired) electrons. The highest BCUT2D eigenvalue weighted by atomic mass is 32.2. The summed E-state index contributed by atoms with van der Waals surface area (Å²) in [5, 5.41) is 2.63. The largest absolute Gasteiger partial charge is 0.493 e. The number of thioether (sulfide) groups is 1. The van der Waals surface area contributed by atoms with Gasteiger partial charge in [-0.15, -0.1) is 0 Å². The number of aliphatic imine (C=N–C) groups is 1. The predicted molar refractivity (Wildman–Crippen MR) is 139 cm³/mol. The first-order valence-corrected chi connectivity index (χ1v) is 12.3. The molecule has 0 saturated carbocycles. The van der Waals surface area contributed by atoms with Crippen LogP contribution in [0.1, 0.15) is 11.1 Å². The number of amides is 1. The quantitative estimate of drug-likeness (QED) is 0.221. The van der Waals surface area contributed by atoms with Crippen LogP contribution in [0.3, 0.4) is 0 Å². The summed E-state index contributed by atoms with van der Waals surface area (Å²) in [5.41, 5.74) is 1.70. The van der Waals surface area contributed by atoms with E-state index in [4.69, 9.17) is 23.7 Å². The first-order chi connectivity index (χ1) is 18.9. The standard InChI is InChI=1S/C27H20F2N2O7S/c1-34-22-11-15(10-19-26(33)38-25(31-19)16-3-9-21-23(12-16)37-14-36-21)2-8-20(22)35-13-24(32)30-17-4-6-18(7-5-17)39-27(28)29/h2-12,27H,13-14H2,1H3,(H,30,32). The molecule has 9 nitrogen and oxygen atoms in total. The Balaban J connectivity index is 1.23. The van der Waals surface area contributed by atoms with E-state index in [2.05, 4.69) is 10.3 Å². The number of carbonyl (C=O) groups is 2. The van der Waals surface area contributed by atoms with E-state index in [1.807, 2.05) is 0 Å². The van der Waals surface area contributed by atoms with Crippen LogP contribution in [0.25, 0.3) is 6.08 Å². The molecule has 39 heavy (non-hydrogen) atoms. The highest BCUT2D eigenvalue weighted by Crippen LogP contribution is 2.34. The smallest absolute Gasteiger partial charge is 0.363 e. The fourth-order valence-corrected chi connectivity index (χ4v) is 4.17. The summed E-state index contributed by atoms with van der Waals surface area (Å²) in [4.78, 5) is 29.4. The van der Waals surface area contributed by atoms with Gasteiger partial charge in [0.05, 0.1) is 7.11 Å². The lowest BCUT2D eigenvalue weighted by atomic mass is 10.1. The summed E-state index contributed by atoms with van der Waals surface area (Å²) in [6, 6.07) is 16.0. The third kappa shape index (κ3) is 6.29. The van der Waals surface area contributed by atoms with Crippen LogP contribution in [0.5, 0.6) is 23.0 Å². The number of rotatable bonds is 9. The van der Waals surface area contributed by atoms with Crippen LogP contribution in [0.2, 0.25) is 0 Å². The van der Waals surface area contributed by atoms with Crippen LogP contribution in [0.15, 0.2) is 76.2 Å². The zero-order chi connectivity index (χ0) is 27.4. The molecule has 0 aliphatic carbocycles. The van der Waals surface area contributed by atoms with E-state index < -0.39 is 17.6 Å². The number of halogens is 2. The van der Waals surface area contributed by atoms with Crippen LogP contribution in [0.4, 0.5) is 14.5 Å². The SMILES string of the molecule is COc1cc(C=C2N=C(c3ccc4c(c3)OCO4)OC2=O)ccc1OCC(=O)Nc1ccc(SC(F)F)cc1. The number of anilines is 1. The second-order valence-corrected chi connectivity index (χ2v) is 9.12. The van der Waals surface area contributed by atoms with Gasteiger partial charge >= 0.3 is 5.97 Å². The van der Waals surface area contributed by atoms with Gasteiger partial charge < -0.3 is 29.0 Å². The molecule has 0 fully saturated rings. The second-order valence-electron chi connectivity index (χ2n) is 8.05. The molecule has 12 heteroatoms. The fraction of sp³-hybridized carbons (Fsp3) is 0.148. The van der Waals surface area contributed by atoms with Crippen molar-refractivity contribution in [2.24, 2.45) is 4.99 Å². The van der Waals surface area contributed by atoms with Gasteiger partial charge in [-0.2, -0.15) is 8.78 Å². The van der Waals surface area contributed by atoms with E-state index in [1.165, 1.54) is 37.5 Å². The Morgan fingerprint density at radius 2 is 1.87 bits per heavy atom. The lowest BCUT2D eigenvalue weighted by Gasteiger charge is -2.12. The first-order valence-electron chi connectivity index (χ1n) is 11.5. The Morgan fingerprint density at radius 1 is 1.08 bits per heavy atom. The highest BCUT2D eigenvalue weighted by molar-refractivity contribution is 7.99. The molecule has 1 amide bonds. The van der Waals surface area contributed by atoms with Gasteiger partial charge in [-0.05, 0) is 66.2 Å². The summed E-state index contributed by atoms with van der Waals surface area (Å²) in [6.45, 7) is -0.194. The van der Waals surface area contributed by atoms with Crippen LogP contribution in [-0.2, 0) is 14.3 Å². The monoisotopic (exact) mass is 554 g/mol. The number of carbonyl (C=O) groups excluding carboxylic acids is 2. The van der Waals surface area contributed by atoms with E-state index in [0.717, 1.165) is 0 Å². The number of nitrogens with one attached hydrogen (secondary N) is 1. The number of hydrogen-bond donors (Lipinski definition) is 1. The van der Waals surface area contributed by atoms with Gasteiger partial charge in [0.15, 0.2) is 35.3 Å². The number of nitrogens with zero attached hydrogens (tertiary/aromatic N) is 1. The molecule has 1 N–H and O–H groups in total. The first kappa shape index (κ1) is 26.0. The average Bonchev–Trinajstić information content (AvgIpc) is 3.54. The molecular weight excluding hydrogens is 534 g/mol. The average molecular weight is 555 g/mol. The van der Waals surface area contributed by atoms with E-state index >= 15 is 0 Å². The van der Waals surface area contributed by atoms with Gasteiger partial charge in [-0.3, -0.25) is 4.79 Å². The van der Waals surface area contributed by atoms with Crippen LogP contribution >= 0.6 is 11.8 Å². The van der Waals surface area contributed by atoms with Gasteiger partial charge in [0, 0.05) is 16.1 Å². The van der Waals surface area contributed by atoms with Gasteiger partial charge in [-0.25, -0.2) is 9.79 Å². The minimum absolute atomic E-state index is 0.0933. The number of esters is 1. The molecule has 5 rings (SSSR count). The van der Waals surface area contributed by atoms with Crippen molar-refractivity contribution in [3.63, 3.8) is 0 Å². The molecule has 2 aliphatic heterocycles. The van der Waals surface area contributed by atoms with Crippen LogP contribution in [0, 0.1) is 0 Å². The molecule has 0 spiro atoms. The normalized spacial score (nSPS) is 14.8. The second kappa shape index (κ2) is 11.4. The Hall–Kier alpha value is -4.58. The molecular formula is C27H20F2N2O7S. The van der Waals surface area contributed by atoms with Crippen molar-refractivity contribution in [3.05, 3.63) is 77.5 Å². The van der Waals surface area contributed by atoms with Crippen molar-refractivity contribution >= 4 is 41.3 Å². The third-order valence-electron chi connectivity index (χ3n) is 5.45. The zero-order valence-electron chi connectivity index (χ0n) is 20.3. The summed E-state index contributed by atoms with van der Waals surface area (Å²) in [5.74, 6) is -1.66. The molecule has 200 valence electrons. The maximum absolute atomic E-state index is 12.4. The zero-order valence-corrected chi connectivity index (χ0v) is 21.1. The van der Waals surface area contributed by atoms with Gasteiger partial charge in [0.2, 0.25) is 12.7 Å². The van der Waals surface area contributed by atoms with Crippen molar-refractivity contribution in [1.82, 2.24) is 0 Å². The lowest BCUT2D eigenvalue weighted by molar-refractivity contribution is -0.130. The van der Waals surface area contributed by atoms with Gasteiger partial charge in [0.25, 0.3) is 11.7 Å². The van der Waals surface area contributed by atoms with Crippen LogP contribution < -0.4 is 24.3 Å². The number of cyclic esters (lactones) is 1. The molecule has 0 atom stereocenters. The Bertz CT molecular complexity index is 1480. The minimum Gasteiger partial charge on any atom is -0.493 e. The maximum atomic E-state index is 12.4. The molecule has 0 unspecified atom stereocenters. The Morgan fingerprint density at radius 3 is 2.64 bits per heavy atom. The van der Waals surface area contributed by atoms with Crippen molar-refractivity contribution < 1.29 is 42.1 Å². The third-order valence-corrected chi connectivity index (χ3v) is 6.18. The molecule has 3 aromatic carbocycles. The van der Waals surface area contributed by atoms with Crippen molar-refractivity contribution in [3.8, 4) is 23.0 Å². The Labute approximate surface area is 225 Å². The molecule has 2 aliphatic rings. The van der Waals surface area contributed by atoms with Gasteiger partial charge in [0.1, 0.15) is 0 Å². The summed E-state index contributed by atoms with van der Waals surface area (Å²) >= 11 is 0.421. The Kier molecular flexibility index (Phi) is 7.64. The van der Waals surface area contributed by atoms with E-state index in [0.29, 0.717) is 56.5 Å². The number of hydrogen-bond acceptors (Lipinski definition) is 9. The number of methoxy groups -OCH3 is 1. The van der Waals surface area contributed by atoms with Crippen molar-refractivity contribution in [1.29, 1.82) is 0 Å². The number of benzene rings is 3. The van der Waals surface area contributed by atoms with E-state index in [1.54, 1.807) is 36.4 Å². The summed E-state index contributed by atoms with van der Waals surface area (Å²) in [7, 11) is 1.44. The number of ether oxygens (including phenoxy) is 5.